The zero-order valence-electron chi connectivity index (χ0n) is 11.5. The Morgan fingerprint density at radius 3 is 2.85 bits per heavy atom. The van der Waals surface area contributed by atoms with Crippen molar-refractivity contribution in [3.05, 3.63) is 29.6 Å². The molecule has 2 rings (SSSR count). The second-order valence-electron chi connectivity index (χ2n) is 4.79. The first-order valence-corrected chi connectivity index (χ1v) is 6.41. The number of hydrogen-bond donors (Lipinski definition) is 1. The second kappa shape index (κ2) is 5.90. The number of ketones is 1. The molecular formula is C14H17FN2O3. The lowest BCUT2D eigenvalue weighted by atomic mass is 10.1. The van der Waals surface area contributed by atoms with Crippen molar-refractivity contribution in [1.29, 1.82) is 0 Å². The van der Waals surface area contributed by atoms with Gasteiger partial charge in [-0.25, -0.2) is 9.18 Å². The molecule has 1 unspecified atom stereocenters. The molecule has 0 radical (unpaired) electrons. The highest BCUT2D eigenvalue weighted by molar-refractivity contribution is 5.99. The van der Waals surface area contributed by atoms with E-state index in [0.29, 0.717) is 24.3 Å². The summed E-state index contributed by atoms with van der Waals surface area (Å²) in [6.45, 7) is 2.68. The molecule has 1 aliphatic heterocycles. The van der Waals surface area contributed by atoms with Gasteiger partial charge in [0.2, 0.25) is 0 Å². The molecular weight excluding hydrogens is 263 g/mol. The number of anilines is 1. The van der Waals surface area contributed by atoms with Crippen molar-refractivity contribution in [3.63, 3.8) is 0 Å². The number of ether oxygens (including phenoxy) is 1. The van der Waals surface area contributed by atoms with Gasteiger partial charge in [0.15, 0.2) is 5.78 Å². The molecule has 0 saturated carbocycles. The molecule has 1 N–H and O–H groups in total. The Morgan fingerprint density at radius 1 is 1.45 bits per heavy atom. The van der Waals surface area contributed by atoms with Crippen molar-refractivity contribution in [1.82, 2.24) is 5.32 Å². The van der Waals surface area contributed by atoms with Crippen LogP contribution in [-0.2, 0) is 4.74 Å². The Labute approximate surface area is 116 Å². The van der Waals surface area contributed by atoms with Crippen LogP contribution in [-0.4, -0.2) is 38.1 Å². The molecule has 20 heavy (non-hydrogen) atoms. The average Bonchev–Trinajstić information content (AvgIpc) is 2.86. The first-order valence-electron chi connectivity index (χ1n) is 6.41. The van der Waals surface area contributed by atoms with Crippen molar-refractivity contribution in [2.45, 2.75) is 19.4 Å². The Balaban J connectivity index is 2.14. The van der Waals surface area contributed by atoms with Crippen LogP contribution >= 0.6 is 0 Å². The summed E-state index contributed by atoms with van der Waals surface area (Å²) in [6.07, 6.45) is 0.284. The standard InChI is InChI=1S/C14H17FN2O3/c1-9(18)12-7-10(15)3-4-13(12)17-6-5-11(8-17)16-14(19)20-2/h3-4,7,11H,5-6,8H2,1-2H3,(H,16,19). The van der Waals surface area contributed by atoms with Gasteiger partial charge in [-0.3, -0.25) is 4.79 Å². The monoisotopic (exact) mass is 280 g/mol. The predicted octanol–water partition coefficient (Wildman–Crippen LogP) is 1.96. The first kappa shape index (κ1) is 14.3. The molecule has 108 valence electrons. The number of hydrogen-bond acceptors (Lipinski definition) is 4. The van der Waals surface area contributed by atoms with Gasteiger partial charge in [0.1, 0.15) is 5.82 Å². The van der Waals surface area contributed by atoms with Crippen LogP contribution in [0, 0.1) is 5.82 Å². The Morgan fingerprint density at radius 2 is 2.20 bits per heavy atom. The van der Waals surface area contributed by atoms with Gasteiger partial charge in [-0.2, -0.15) is 0 Å². The molecule has 1 aromatic carbocycles. The Kier molecular flexibility index (Phi) is 4.22. The summed E-state index contributed by atoms with van der Waals surface area (Å²) < 4.78 is 17.8. The van der Waals surface area contributed by atoms with E-state index in [2.05, 4.69) is 10.1 Å². The molecule has 1 amide bonds. The topological polar surface area (TPSA) is 58.6 Å². The van der Waals surface area contributed by atoms with Crippen molar-refractivity contribution < 1.29 is 18.7 Å². The van der Waals surface area contributed by atoms with Gasteiger partial charge in [-0.05, 0) is 31.5 Å². The van der Waals surface area contributed by atoms with E-state index in [1.807, 2.05) is 4.90 Å². The van der Waals surface area contributed by atoms with Crippen LogP contribution in [0.2, 0.25) is 0 Å². The van der Waals surface area contributed by atoms with Gasteiger partial charge in [0, 0.05) is 24.3 Å². The third kappa shape index (κ3) is 3.07. The summed E-state index contributed by atoms with van der Waals surface area (Å²) in [5, 5.41) is 2.73. The van der Waals surface area contributed by atoms with Crippen LogP contribution in [0.5, 0.6) is 0 Å². The van der Waals surface area contributed by atoms with Crippen molar-refractivity contribution in [2.75, 3.05) is 25.1 Å². The van der Waals surface area contributed by atoms with Crippen LogP contribution in [0.3, 0.4) is 0 Å². The zero-order valence-corrected chi connectivity index (χ0v) is 11.5. The quantitative estimate of drug-likeness (QED) is 0.860. The molecule has 1 heterocycles. The van der Waals surface area contributed by atoms with Crippen LogP contribution in [0.4, 0.5) is 14.9 Å². The largest absolute Gasteiger partial charge is 0.453 e. The molecule has 1 aromatic rings. The minimum atomic E-state index is -0.470. The minimum Gasteiger partial charge on any atom is -0.453 e. The molecule has 0 aromatic heterocycles. The number of carbonyl (C=O) groups is 2. The Bertz CT molecular complexity index is 533. The summed E-state index contributed by atoms with van der Waals surface area (Å²) in [5.41, 5.74) is 1.07. The number of amides is 1. The highest BCUT2D eigenvalue weighted by Crippen LogP contribution is 2.26. The van der Waals surface area contributed by atoms with E-state index in [0.717, 1.165) is 6.42 Å². The maximum atomic E-state index is 13.2. The lowest BCUT2D eigenvalue weighted by molar-refractivity contribution is 0.101. The summed E-state index contributed by atoms with van der Waals surface area (Å²) in [7, 11) is 1.32. The molecule has 5 nitrogen and oxygen atoms in total. The van der Waals surface area contributed by atoms with E-state index >= 15 is 0 Å². The Hall–Kier alpha value is -2.11. The van der Waals surface area contributed by atoms with Crippen molar-refractivity contribution in [3.8, 4) is 0 Å². The third-order valence-corrected chi connectivity index (χ3v) is 3.37. The number of Topliss-reactive ketones (excluding diaryl/α,β-unsaturated/α-hetero) is 1. The van der Waals surface area contributed by atoms with E-state index in [1.165, 1.54) is 26.2 Å². The number of nitrogens with zero attached hydrogens (tertiary/aromatic N) is 1. The van der Waals surface area contributed by atoms with Gasteiger partial charge >= 0.3 is 6.09 Å². The molecule has 1 atom stereocenters. The maximum absolute atomic E-state index is 13.2. The fraction of sp³-hybridized carbons (Fsp3) is 0.429. The highest BCUT2D eigenvalue weighted by atomic mass is 19.1. The molecule has 1 fully saturated rings. The summed E-state index contributed by atoms with van der Waals surface area (Å²) in [4.78, 5) is 24.7. The number of alkyl carbamates (subject to hydrolysis) is 1. The molecule has 0 aliphatic carbocycles. The van der Waals surface area contributed by atoms with Crippen LogP contribution < -0.4 is 10.2 Å². The zero-order chi connectivity index (χ0) is 14.7. The summed E-state index contributed by atoms with van der Waals surface area (Å²) in [6, 6.07) is 4.15. The van der Waals surface area contributed by atoms with E-state index in [4.69, 9.17) is 0 Å². The summed E-state index contributed by atoms with van der Waals surface area (Å²) >= 11 is 0. The number of methoxy groups -OCH3 is 1. The van der Waals surface area contributed by atoms with Crippen molar-refractivity contribution >= 4 is 17.6 Å². The van der Waals surface area contributed by atoms with E-state index < -0.39 is 11.9 Å². The first-order chi connectivity index (χ1) is 9.51. The maximum Gasteiger partial charge on any atom is 0.407 e. The smallest absolute Gasteiger partial charge is 0.407 e. The molecule has 6 heteroatoms. The SMILES string of the molecule is COC(=O)NC1CCN(c2ccc(F)cc2C(C)=O)C1. The van der Waals surface area contributed by atoms with Crippen molar-refractivity contribution in [2.24, 2.45) is 0 Å². The van der Waals surface area contributed by atoms with E-state index in [9.17, 15) is 14.0 Å². The lowest BCUT2D eigenvalue weighted by Crippen LogP contribution is -2.37. The number of benzene rings is 1. The normalized spacial score (nSPS) is 17.9. The minimum absolute atomic E-state index is 0.0349. The molecule has 0 spiro atoms. The number of nitrogens with one attached hydrogen (secondary N) is 1. The third-order valence-electron chi connectivity index (χ3n) is 3.37. The summed E-state index contributed by atoms with van der Waals surface area (Å²) in [5.74, 6) is -0.605. The van der Waals surface area contributed by atoms with Gasteiger partial charge in [0.05, 0.1) is 13.2 Å². The predicted molar refractivity (Wildman–Crippen MR) is 72.6 cm³/mol. The lowest BCUT2D eigenvalue weighted by Gasteiger charge is -2.21. The van der Waals surface area contributed by atoms with Gasteiger partial charge in [-0.1, -0.05) is 0 Å². The van der Waals surface area contributed by atoms with Crippen LogP contribution in [0.15, 0.2) is 18.2 Å². The number of rotatable bonds is 3. The number of carbonyl (C=O) groups excluding carboxylic acids is 2. The van der Waals surface area contributed by atoms with E-state index in [-0.39, 0.29) is 11.8 Å². The number of halogens is 1. The molecule has 1 aliphatic rings. The van der Waals surface area contributed by atoms with Crippen LogP contribution in [0.25, 0.3) is 0 Å². The average molecular weight is 280 g/mol. The van der Waals surface area contributed by atoms with E-state index in [1.54, 1.807) is 6.07 Å². The fourth-order valence-electron chi connectivity index (χ4n) is 2.39. The molecule has 1 saturated heterocycles. The van der Waals surface area contributed by atoms with Gasteiger partial charge in [-0.15, -0.1) is 0 Å². The highest BCUT2D eigenvalue weighted by Gasteiger charge is 2.26. The van der Waals surface area contributed by atoms with Gasteiger partial charge in [0.25, 0.3) is 0 Å². The van der Waals surface area contributed by atoms with Gasteiger partial charge < -0.3 is 15.0 Å². The fourth-order valence-corrected chi connectivity index (χ4v) is 2.39. The second-order valence-corrected chi connectivity index (χ2v) is 4.79. The van der Waals surface area contributed by atoms with Crippen LogP contribution in [0.1, 0.15) is 23.7 Å². The molecule has 0 bridgehead atoms.